The van der Waals surface area contributed by atoms with Crippen LogP contribution in [0.4, 0.5) is 5.69 Å². The van der Waals surface area contributed by atoms with Crippen LogP contribution in [0.25, 0.3) is 0 Å². The van der Waals surface area contributed by atoms with Crippen LogP contribution >= 0.6 is 0 Å². The van der Waals surface area contributed by atoms with Crippen molar-refractivity contribution in [3.63, 3.8) is 0 Å². The number of anilines is 1. The van der Waals surface area contributed by atoms with Crippen LogP contribution < -0.4 is 4.90 Å². The number of para-hydroxylation sites is 1. The fourth-order valence-electron chi connectivity index (χ4n) is 2.42. The molecule has 1 aromatic carbocycles. The van der Waals surface area contributed by atoms with E-state index in [1.54, 1.807) is 0 Å². The molecule has 2 saturated heterocycles. The van der Waals surface area contributed by atoms with Gasteiger partial charge >= 0.3 is 0 Å². The van der Waals surface area contributed by atoms with Crippen LogP contribution in [0, 0.1) is 0 Å². The van der Waals surface area contributed by atoms with Crippen LogP contribution in [0.2, 0.25) is 0 Å². The zero-order chi connectivity index (χ0) is 10.8. The molecule has 0 spiro atoms. The van der Waals surface area contributed by atoms with Gasteiger partial charge < -0.3 is 9.64 Å². The Labute approximate surface area is 96.6 Å². The van der Waals surface area contributed by atoms with Crippen molar-refractivity contribution in [1.29, 1.82) is 0 Å². The van der Waals surface area contributed by atoms with Crippen molar-refractivity contribution in [2.75, 3.05) is 44.3 Å². The first kappa shape index (κ1) is 10.1. The molecule has 2 aliphatic rings. The molecule has 0 aromatic heterocycles. The van der Waals surface area contributed by atoms with Crippen LogP contribution in [0.3, 0.4) is 0 Å². The van der Waals surface area contributed by atoms with E-state index < -0.39 is 0 Å². The number of ether oxygens (including phenoxy) is 1. The van der Waals surface area contributed by atoms with Crippen LogP contribution in [-0.4, -0.2) is 50.3 Å². The predicted octanol–water partition coefficient (Wildman–Crippen LogP) is 1.21. The minimum atomic E-state index is 0.693. The van der Waals surface area contributed by atoms with Gasteiger partial charge in [0, 0.05) is 31.9 Å². The summed E-state index contributed by atoms with van der Waals surface area (Å²) in [5, 5.41) is 0. The van der Waals surface area contributed by atoms with E-state index in [2.05, 4.69) is 40.1 Å². The molecule has 0 unspecified atom stereocenters. The maximum absolute atomic E-state index is 5.24. The van der Waals surface area contributed by atoms with E-state index in [1.807, 2.05) is 0 Å². The molecule has 2 aliphatic heterocycles. The molecule has 2 heterocycles. The summed E-state index contributed by atoms with van der Waals surface area (Å²) in [6, 6.07) is 11.4. The summed E-state index contributed by atoms with van der Waals surface area (Å²) in [7, 11) is 0. The highest BCUT2D eigenvalue weighted by atomic mass is 16.5. The second kappa shape index (κ2) is 4.44. The van der Waals surface area contributed by atoms with E-state index >= 15 is 0 Å². The lowest BCUT2D eigenvalue weighted by atomic mass is 10.1. The Morgan fingerprint density at radius 3 is 2.19 bits per heavy atom. The molecule has 0 bridgehead atoms. The Morgan fingerprint density at radius 1 is 0.938 bits per heavy atom. The van der Waals surface area contributed by atoms with Crippen LogP contribution in [0.15, 0.2) is 30.3 Å². The summed E-state index contributed by atoms with van der Waals surface area (Å²) in [6.45, 7) is 6.49. The van der Waals surface area contributed by atoms with Gasteiger partial charge in [-0.1, -0.05) is 18.2 Å². The first-order valence-corrected chi connectivity index (χ1v) is 6.05. The predicted molar refractivity (Wildman–Crippen MR) is 64.8 cm³/mol. The molecule has 1 aromatic rings. The van der Waals surface area contributed by atoms with Gasteiger partial charge in [0.05, 0.1) is 19.3 Å². The van der Waals surface area contributed by atoms with Crippen molar-refractivity contribution in [3.8, 4) is 0 Å². The lowest BCUT2D eigenvalue weighted by Gasteiger charge is -2.43. The standard InChI is InChI=1S/C13H18N2O/c1-2-4-12(5-3-1)14-6-8-15(9-7-14)13-10-16-11-13/h1-5,13H,6-11H2. The highest BCUT2D eigenvalue weighted by Crippen LogP contribution is 2.18. The van der Waals surface area contributed by atoms with Gasteiger partial charge in [-0.3, -0.25) is 4.90 Å². The Balaban J connectivity index is 1.58. The van der Waals surface area contributed by atoms with Crippen molar-refractivity contribution in [2.45, 2.75) is 6.04 Å². The second-order valence-corrected chi connectivity index (χ2v) is 4.55. The summed E-state index contributed by atoms with van der Waals surface area (Å²) < 4.78 is 5.24. The fourth-order valence-corrected chi connectivity index (χ4v) is 2.42. The Kier molecular flexibility index (Phi) is 2.80. The van der Waals surface area contributed by atoms with Crippen molar-refractivity contribution in [2.24, 2.45) is 0 Å². The molecule has 16 heavy (non-hydrogen) atoms. The summed E-state index contributed by atoms with van der Waals surface area (Å²) in [5.74, 6) is 0. The molecule has 2 fully saturated rings. The number of nitrogens with zero attached hydrogens (tertiary/aromatic N) is 2. The van der Waals surface area contributed by atoms with E-state index in [0.29, 0.717) is 6.04 Å². The Morgan fingerprint density at radius 2 is 1.62 bits per heavy atom. The molecule has 0 saturated carbocycles. The van der Waals surface area contributed by atoms with Gasteiger partial charge in [-0.2, -0.15) is 0 Å². The van der Waals surface area contributed by atoms with E-state index in [9.17, 15) is 0 Å². The Bertz CT molecular complexity index is 329. The molecular weight excluding hydrogens is 200 g/mol. The highest BCUT2D eigenvalue weighted by Gasteiger charge is 2.28. The van der Waals surface area contributed by atoms with Crippen LogP contribution in [0.5, 0.6) is 0 Å². The number of hydrogen-bond acceptors (Lipinski definition) is 3. The zero-order valence-electron chi connectivity index (χ0n) is 9.51. The summed E-state index contributed by atoms with van der Waals surface area (Å²) in [6.07, 6.45) is 0. The van der Waals surface area contributed by atoms with E-state index in [1.165, 1.54) is 18.8 Å². The number of benzene rings is 1. The van der Waals surface area contributed by atoms with Gasteiger partial charge in [-0.15, -0.1) is 0 Å². The molecule has 0 radical (unpaired) electrons. The monoisotopic (exact) mass is 218 g/mol. The average molecular weight is 218 g/mol. The molecular formula is C13H18N2O. The highest BCUT2D eigenvalue weighted by molar-refractivity contribution is 5.46. The van der Waals surface area contributed by atoms with Gasteiger partial charge in [0.25, 0.3) is 0 Å². The number of rotatable bonds is 2. The second-order valence-electron chi connectivity index (χ2n) is 4.55. The quantitative estimate of drug-likeness (QED) is 0.742. The van der Waals surface area contributed by atoms with Gasteiger partial charge in [0.1, 0.15) is 0 Å². The molecule has 3 nitrogen and oxygen atoms in total. The lowest BCUT2D eigenvalue weighted by molar-refractivity contribution is -0.0660. The van der Waals surface area contributed by atoms with E-state index in [-0.39, 0.29) is 0 Å². The van der Waals surface area contributed by atoms with Crippen molar-refractivity contribution in [3.05, 3.63) is 30.3 Å². The van der Waals surface area contributed by atoms with Crippen molar-refractivity contribution >= 4 is 5.69 Å². The van der Waals surface area contributed by atoms with Gasteiger partial charge in [-0.25, -0.2) is 0 Å². The first-order valence-electron chi connectivity index (χ1n) is 6.05. The molecule has 0 amide bonds. The topological polar surface area (TPSA) is 15.7 Å². The molecule has 3 rings (SSSR count). The zero-order valence-corrected chi connectivity index (χ0v) is 9.51. The third kappa shape index (κ3) is 1.93. The molecule has 86 valence electrons. The van der Waals surface area contributed by atoms with Crippen molar-refractivity contribution in [1.82, 2.24) is 4.90 Å². The molecule has 3 heteroatoms. The van der Waals surface area contributed by atoms with Gasteiger partial charge in [-0.05, 0) is 12.1 Å². The third-order valence-corrected chi connectivity index (χ3v) is 3.57. The van der Waals surface area contributed by atoms with E-state index in [4.69, 9.17) is 4.74 Å². The normalized spacial score (nSPS) is 23.1. The van der Waals surface area contributed by atoms with E-state index in [0.717, 1.165) is 26.3 Å². The van der Waals surface area contributed by atoms with Crippen LogP contribution in [0.1, 0.15) is 0 Å². The Hall–Kier alpha value is -1.06. The maximum Gasteiger partial charge on any atom is 0.0645 e. The van der Waals surface area contributed by atoms with Crippen molar-refractivity contribution < 1.29 is 4.74 Å². The smallest absolute Gasteiger partial charge is 0.0645 e. The molecule has 0 atom stereocenters. The van der Waals surface area contributed by atoms with Gasteiger partial charge in [0.15, 0.2) is 0 Å². The summed E-state index contributed by atoms with van der Waals surface area (Å²) in [4.78, 5) is 5.03. The average Bonchev–Trinajstić information content (AvgIpc) is 2.29. The fraction of sp³-hybridized carbons (Fsp3) is 0.538. The third-order valence-electron chi connectivity index (χ3n) is 3.57. The first-order chi connectivity index (χ1) is 7.93. The minimum absolute atomic E-state index is 0.693. The molecule has 0 aliphatic carbocycles. The SMILES string of the molecule is c1ccc(N2CCN(C3COC3)CC2)cc1. The lowest BCUT2D eigenvalue weighted by Crippen LogP contribution is -2.56. The van der Waals surface area contributed by atoms with Gasteiger partial charge in [0.2, 0.25) is 0 Å². The minimum Gasteiger partial charge on any atom is -0.378 e. The largest absolute Gasteiger partial charge is 0.378 e. The number of piperazine rings is 1. The summed E-state index contributed by atoms with van der Waals surface area (Å²) in [5.41, 5.74) is 1.35. The number of hydrogen-bond donors (Lipinski definition) is 0. The summed E-state index contributed by atoms with van der Waals surface area (Å²) >= 11 is 0. The van der Waals surface area contributed by atoms with Crippen LogP contribution in [-0.2, 0) is 4.74 Å². The molecule has 0 N–H and O–H groups in total. The maximum atomic E-state index is 5.24.